The van der Waals surface area contributed by atoms with Crippen LogP contribution in [0.3, 0.4) is 0 Å². The fourth-order valence-electron chi connectivity index (χ4n) is 4.73. The van der Waals surface area contributed by atoms with Crippen LogP contribution < -0.4 is 0 Å². The van der Waals surface area contributed by atoms with Crippen LogP contribution in [0.2, 0.25) is 6.04 Å². The second-order valence-corrected chi connectivity index (χ2v) is 12.4. The van der Waals surface area contributed by atoms with E-state index in [-0.39, 0.29) is 23.5 Å². The number of benzene rings is 1. The third-order valence-corrected chi connectivity index (χ3v) is 8.96. The maximum absolute atomic E-state index is 11.7. The quantitative estimate of drug-likeness (QED) is 0.107. The van der Waals surface area contributed by atoms with E-state index in [2.05, 4.69) is 24.3 Å². The van der Waals surface area contributed by atoms with Crippen molar-refractivity contribution in [1.82, 2.24) is 0 Å². The largest absolute Gasteiger partial charge is 0.698 e. The minimum absolute atomic E-state index is 0.174. The summed E-state index contributed by atoms with van der Waals surface area (Å²) >= 11 is 0. The molecule has 38 heavy (non-hydrogen) atoms. The zero-order chi connectivity index (χ0) is 28.1. The number of carbonyl (C=O) groups is 3. The van der Waals surface area contributed by atoms with Crippen LogP contribution in [0.4, 0.5) is 0 Å². The minimum atomic E-state index is -3.57. The molecular formula is C30H42O7Si. The average molecular weight is 543 g/mol. The van der Waals surface area contributed by atoms with E-state index in [0.29, 0.717) is 42.3 Å². The molecule has 0 atom stereocenters. The van der Waals surface area contributed by atoms with Crippen LogP contribution in [0.25, 0.3) is 0 Å². The average Bonchev–Trinajstić information content (AvgIpc) is 2.81. The Hall–Kier alpha value is -2.97. The first kappa shape index (κ1) is 31.2. The number of carbonyl (C=O) groups excluding carboxylic acids is 3. The molecule has 0 aliphatic heterocycles. The van der Waals surface area contributed by atoms with Gasteiger partial charge in [0.2, 0.25) is 0 Å². The molecule has 1 fully saturated rings. The molecule has 8 heteroatoms. The van der Waals surface area contributed by atoms with Gasteiger partial charge in [0.05, 0.1) is 29.4 Å². The van der Waals surface area contributed by atoms with Gasteiger partial charge in [0.1, 0.15) is 0 Å². The predicted octanol–water partition coefficient (Wildman–Crippen LogP) is 6.59. The summed E-state index contributed by atoms with van der Waals surface area (Å²) in [6, 6.07) is 11.0. The molecule has 0 radical (unpaired) electrons. The maximum Gasteiger partial charge on any atom is 0.698 e. The molecule has 1 saturated carbocycles. The third-order valence-electron chi connectivity index (χ3n) is 6.10. The summed E-state index contributed by atoms with van der Waals surface area (Å²) in [5, 5.41) is 0. The maximum atomic E-state index is 11.7. The number of ether oxygens (including phenoxy) is 1. The van der Waals surface area contributed by atoms with Crippen molar-refractivity contribution in [3.05, 3.63) is 71.4 Å². The van der Waals surface area contributed by atoms with E-state index < -0.39 is 8.80 Å². The molecule has 2 rings (SSSR count). The number of rotatable bonds is 15. The molecule has 208 valence electrons. The molecule has 0 spiro atoms. The van der Waals surface area contributed by atoms with Crippen LogP contribution in [0, 0.1) is 0 Å². The van der Waals surface area contributed by atoms with Crippen LogP contribution in [0.1, 0.15) is 85.1 Å². The number of hydrogen-bond donors (Lipinski definition) is 0. The number of ketones is 3. The van der Waals surface area contributed by atoms with E-state index in [0.717, 1.165) is 25.7 Å². The van der Waals surface area contributed by atoms with Gasteiger partial charge in [0.15, 0.2) is 17.3 Å². The van der Waals surface area contributed by atoms with Crippen molar-refractivity contribution < 1.29 is 32.4 Å². The highest BCUT2D eigenvalue weighted by atomic mass is 28.4. The van der Waals surface area contributed by atoms with Gasteiger partial charge >= 0.3 is 8.80 Å². The highest BCUT2D eigenvalue weighted by molar-refractivity contribution is 6.61. The SMILES string of the molecule is CC(=O)C=C(C)O[Si](CCCOC1CCC(c2ccccc2)CC1)(OC(C)=CC(C)=O)OC(C)=CC(C)=O. The van der Waals surface area contributed by atoms with E-state index in [1.54, 1.807) is 20.8 Å². The van der Waals surface area contributed by atoms with Crippen molar-refractivity contribution >= 4 is 26.2 Å². The fraction of sp³-hybridized carbons (Fsp3) is 0.500. The number of allylic oxidation sites excluding steroid dienone is 6. The molecule has 0 bridgehead atoms. The van der Waals surface area contributed by atoms with E-state index >= 15 is 0 Å². The normalized spacial score (nSPS) is 20.3. The molecule has 0 saturated heterocycles. The predicted molar refractivity (Wildman–Crippen MR) is 149 cm³/mol. The zero-order valence-electron chi connectivity index (χ0n) is 23.6. The first-order chi connectivity index (χ1) is 18.0. The summed E-state index contributed by atoms with van der Waals surface area (Å²) in [6.45, 7) is 9.76. The molecule has 0 aromatic heterocycles. The van der Waals surface area contributed by atoms with E-state index in [9.17, 15) is 14.4 Å². The summed E-state index contributed by atoms with van der Waals surface area (Å²) in [5.74, 6) is 1.08. The Balaban J connectivity index is 2.10. The summed E-state index contributed by atoms with van der Waals surface area (Å²) in [5.41, 5.74) is 1.39. The lowest BCUT2D eigenvalue weighted by Crippen LogP contribution is -2.45. The molecule has 1 aliphatic carbocycles. The Morgan fingerprint density at radius 2 is 1.18 bits per heavy atom. The minimum Gasteiger partial charge on any atom is -0.487 e. The molecule has 1 aromatic rings. The molecule has 1 aliphatic rings. The first-order valence-electron chi connectivity index (χ1n) is 13.3. The van der Waals surface area contributed by atoms with E-state index in [1.807, 2.05) is 6.07 Å². The lowest BCUT2D eigenvalue weighted by Gasteiger charge is -2.32. The van der Waals surface area contributed by atoms with Gasteiger partial charge in [-0.2, -0.15) is 0 Å². The molecule has 7 nitrogen and oxygen atoms in total. The molecule has 0 unspecified atom stereocenters. The Bertz CT molecular complexity index is 955. The smallest absolute Gasteiger partial charge is 0.487 e. The van der Waals surface area contributed by atoms with E-state index in [4.69, 9.17) is 18.0 Å². The molecule has 0 heterocycles. The summed E-state index contributed by atoms with van der Waals surface area (Å²) in [6.07, 6.45) is 9.09. The summed E-state index contributed by atoms with van der Waals surface area (Å²) in [7, 11) is -3.57. The molecule has 1 aromatic carbocycles. The van der Waals surface area contributed by atoms with Gasteiger partial charge in [-0.3, -0.25) is 14.4 Å². The molecular weight excluding hydrogens is 500 g/mol. The van der Waals surface area contributed by atoms with Crippen molar-refractivity contribution in [3.8, 4) is 0 Å². The van der Waals surface area contributed by atoms with Crippen LogP contribution in [-0.2, 0) is 32.4 Å². The zero-order valence-corrected chi connectivity index (χ0v) is 24.6. The summed E-state index contributed by atoms with van der Waals surface area (Å²) in [4.78, 5) is 35.0. The Labute approximate surface area is 228 Å². The second-order valence-electron chi connectivity index (χ2n) is 9.94. The van der Waals surface area contributed by atoms with Crippen molar-refractivity contribution in [1.29, 1.82) is 0 Å². The van der Waals surface area contributed by atoms with Crippen LogP contribution in [0.5, 0.6) is 0 Å². The monoisotopic (exact) mass is 542 g/mol. The van der Waals surface area contributed by atoms with Gasteiger partial charge < -0.3 is 18.0 Å². The Morgan fingerprint density at radius 1 is 0.737 bits per heavy atom. The van der Waals surface area contributed by atoms with Crippen molar-refractivity contribution in [3.63, 3.8) is 0 Å². The lowest BCUT2D eigenvalue weighted by molar-refractivity contribution is -0.113. The third kappa shape index (κ3) is 11.6. The van der Waals surface area contributed by atoms with Crippen molar-refractivity contribution in [2.24, 2.45) is 0 Å². The van der Waals surface area contributed by atoms with Crippen LogP contribution in [-0.4, -0.2) is 38.9 Å². The van der Waals surface area contributed by atoms with Gasteiger partial charge in [0.25, 0.3) is 0 Å². The standard InChI is InChI=1S/C30H42O7Si/c1-22(31)19-25(4)35-38(36-26(5)20-23(2)32,37-27(6)21-24(3)33)18-10-17-34-30-15-13-29(14-16-30)28-11-8-7-9-12-28/h7-9,11-12,19-21,29-30H,10,13-18H2,1-6H3. The van der Waals surface area contributed by atoms with Gasteiger partial charge in [0, 0.05) is 24.8 Å². The Morgan fingerprint density at radius 3 is 1.61 bits per heavy atom. The van der Waals surface area contributed by atoms with Crippen molar-refractivity contribution in [2.45, 2.75) is 91.7 Å². The van der Waals surface area contributed by atoms with Gasteiger partial charge in [-0.15, -0.1) is 0 Å². The van der Waals surface area contributed by atoms with Gasteiger partial charge in [-0.05, 0) is 85.1 Å². The van der Waals surface area contributed by atoms with Crippen LogP contribution in [0.15, 0.2) is 65.8 Å². The first-order valence-corrected chi connectivity index (χ1v) is 15.2. The van der Waals surface area contributed by atoms with Crippen LogP contribution >= 0.6 is 0 Å². The van der Waals surface area contributed by atoms with Gasteiger partial charge in [-0.25, -0.2) is 0 Å². The van der Waals surface area contributed by atoms with E-state index in [1.165, 1.54) is 44.6 Å². The fourth-order valence-corrected chi connectivity index (χ4v) is 7.38. The Kier molecular flexibility index (Phi) is 12.7. The van der Waals surface area contributed by atoms with Crippen molar-refractivity contribution in [2.75, 3.05) is 6.61 Å². The highest BCUT2D eigenvalue weighted by Crippen LogP contribution is 2.34. The second kappa shape index (κ2) is 15.4. The highest BCUT2D eigenvalue weighted by Gasteiger charge is 2.49. The molecule has 0 amide bonds. The summed E-state index contributed by atoms with van der Waals surface area (Å²) < 4.78 is 24.8. The lowest BCUT2D eigenvalue weighted by atomic mass is 9.83. The topological polar surface area (TPSA) is 88.1 Å². The molecule has 0 N–H and O–H groups in total. The number of hydrogen-bond acceptors (Lipinski definition) is 7. The van der Waals surface area contributed by atoms with Gasteiger partial charge in [-0.1, -0.05) is 30.3 Å².